The van der Waals surface area contributed by atoms with Gasteiger partial charge in [-0.05, 0) is 93.5 Å². The van der Waals surface area contributed by atoms with Gasteiger partial charge < -0.3 is 19.5 Å². The molecule has 0 unspecified atom stereocenters. The normalized spacial score (nSPS) is 19.1. The Kier molecular flexibility index (Phi) is 10.4. The zero-order valence-corrected chi connectivity index (χ0v) is 22.2. The first kappa shape index (κ1) is 27.6. The van der Waals surface area contributed by atoms with Crippen LogP contribution in [0.25, 0.3) is 0 Å². The second-order valence-electron chi connectivity index (χ2n) is 10.2. The Morgan fingerprint density at radius 1 is 0.784 bits per heavy atom. The van der Waals surface area contributed by atoms with Gasteiger partial charge in [-0.2, -0.15) is 0 Å². The summed E-state index contributed by atoms with van der Waals surface area (Å²) in [6.45, 7) is 4.04. The Morgan fingerprint density at radius 2 is 1.27 bits per heavy atom. The van der Waals surface area contributed by atoms with Gasteiger partial charge in [0, 0.05) is 48.5 Å². The van der Waals surface area contributed by atoms with Crippen LogP contribution in [0.3, 0.4) is 0 Å². The van der Waals surface area contributed by atoms with Crippen LogP contribution in [0.4, 0.5) is 0 Å². The zero-order chi connectivity index (χ0) is 26.0. The van der Waals surface area contributed by atoms with E-state index >= 15 is 0 Å². The molecule has 37 heavy (non-hydrogen) atoms. The van der Waals surface area contributed by atoms with Crippen molar-refractivity contribution in [1.29, 1.82) is 0 Å². The van der Waals surface area contributed by atoms with E-state index in [2.05, 4.69) is 4.90 Å². The quantitative estimate of drug-likeness (QED) is 0.213. The van der Waals surface area contributed by atoms with Gasteiger partial charge in [-0.3, -0.25) is 9.59 Å². The molecule has 3 fully saturated rings. The predicted molar refractivity (Wildman–Crippen MR) is 145 cm³/mol. The van der Waals surface area contributed by atoms with E-state index in [4.69, 9.17) is 21.1 Å². The molecule has 0 bridgehead atoms. The Hall–Kier alpha value is -2.41. The molecule has 1 atom stereocenters. The maximum atomic E-state index is 11.9. The van der Waals surface area contributed by atoms with Crippen LogP contribution in [0.15, 0.2) is 48.5 Å². The number of ketones is 2. The van der Waals surface area contributed by atoms with Gasteiger partial charge in [-0.25, -0.2) is 0 Å². The SMILES string of the molecule is O=C(c1ccc(OCCCCl)cc1)C1CC1.O=C(c1ccc(OCCCN2CC[C@@H](O)C2)cc1)C1CC1. The summed E-state index contributed by atoms with van der Waals surface area (Å²) in [6, 6.07) is 14.9. The van der Waals surface area contributed by atoms with Gasteiger partial charge in [0.25, 0.3) is 0 Å². The molecule has 1 aliphatic heterocycles. The number of benzene rings is 2. The lowest BCUT2D eigenvalue weighted by molar-refractivity contribution is 0.0960. The molecule has 1 N–H and O–H groups in total. The molecule has 2 aliphatic carbocycles. The number of rotatable bonds is 13. The van der Waals surface area contributed by atoms with Gasteiger partial charge in [0.15, 0.2) is 11.6 Å². The highest BCUT2D eigenvalue weighted by Gasteiger charge is 2.31. The summed E-state index contributed by atoms with van der Waals surface area (Å²) in [5.74, 6) is 3.33. The fourth-order valence-electron chi connectivity index (χ4n) is 4.33. The van der Waals surface area contributed by atoms with Gasteiger partial charge in [0.2, 0.25) is 0 Å². The highest BCUT2D eigenvalue weighted by atomic mass is 35.5. The molecule has 2 saturated carbocycles. The first-order valence-electron chi connectivity index (χ1n) is 13.5. The molecule has 0 spiro atoms. The van der Waals surface area contributed by atoms with Crippen LogP contribution in [0.2, 0.25) is 0 Å². The van der Waals surface area contributed by atoms with E-state index < -0.39 is 0 Å². The van der Waals surface area contributed by atoms with E-state index in [9.17, 15) is 14.7 Å². The van der Waals surface area contributed by atoms with E-state index in [-0.39, 0.29) is 29.5 Å². The summed E-state index contributed by atoms with van der Waals surface area (Å²) in [7, 11) is 0. The van der Waals surface area contributed by atoms with Gasteiger partial charge >= 0.3 is 0 Å². The summed E-state index contributed by atoms with van der Waals surface area (Å²) in [5, 5.41) is 9.45. The Balaban J connectivity index is 0.000000180. The number of halogens is 1. The van der Waals surface area contributed by atoms with Crippen molar-refractivity contribution in [2.75, 3.05) is 38.7 Å². The molecule has 6 nitrogen and oxygen atoms in total. The second kappa shape index (κ2) is 13.9. The molecule has 0 aromatic heterocycles. The number of Topliss-reactive ketones (excluding diaryl/α,β-unsaturated/α-hetero) is 2. The van der Waals surface area contributed by atoms with Gasteiger partial charge in [0.05, 0.1) is 19.3 Å². The van der Waals surface area contributed by atoms with Crippen LogP contribution in [-0.2, 0) is 0 Å². The first-order chi connectivity index (χ1) is 18.0. The van der Waals surface area contributed by atoms with E-state index in [0.717, 1.165) is 87.2 Å². The number of ether oxygens (including phenoxy) is 2. The summed E-state index contributed by atoms with van der Waals surface area (Å²) in [6.07, 6.45) is 6.71. The van der Waals surface area contributed by atoms with Crippen LogP contribution in [0, 0.1) is 11.8 Å². The minimum atomic E-state index is -0.150. The molecule has 0 amide bonds. The van der Waals surface area contributed by atoms with Crippen molar-refractivity contribution in [1.82, 2.24) is 4.90 Å². The number of aliphatic hydroxyl groups is 1. The van der Waals surface area contributed by atoms with Crippen molar-refractivity contribution in [3.8, 4) is 11.5 Å². The Labute approximate surface area is 224 Å². The van der Waals surface area contributed by atoms with Crippen LogP contribution < -0.4 is 9.47 Å². The molecule has 2 aromatic carbocycles. The molecule has 1 saturated heterocycles. The topological polar surface area (TPSA) is 76.1 Å². The number of nitrogens with zero attached hydrogens (tertiary/aromatic N) is 1. The van der Waals surface area contributed by atoms with Crippen LogP contribution in [0.1, 0.15) is 65.7 Å². The van der Waals surface area contributed by atoms with Crippen molar-refractivity contribution in [2.45, 2.75) is 51.0 Å². The van der Waals surface area contributed by atoms with E-state index in [1.165, 1.54) is 0 Å². The number of likely N-dealkylation sites (tertiary alicyclic amines) is 1. The van der Waals surface area contributed by atoms with E-state index in [1.54, 1.807) is 0 Å². The number of hydrogen-bond donors (Lipinski definition) is 1. The number of β-amino-alcohol motifs (C(OH)–C–C–N with tert-alkyl or cyclic N) is 1. The summed E-state index contributed by atoms with van der Waals surface area (Å²) in [5.41, 5.74) is 1.60. The van der Waals surface area contributed by atoms with Crippen LogP contribution in [-0.4, -0.2) is 66.4 Å². The van der Waals surface area contributed by atoms with Crippen molar-refractivity contribution < 1.29 is 24.2 Å². The van der Waals surface area contributed by atoms with Crippen molar-refractivity contribution in [3.63, 3.8) is 0 Å². The predicted octanol–water partition coefficient (Wildman–Crippen LogP) is 5.40. The van der Waals surface area contributed by atoms with E-state index in [0.29, 0.717) is 19.1 Å². The highest BCUT2D eigenvalue weighted by molar-refractivity contribution is 6.17. The Morgan fingerprint density at radius 3 is 1.68 bits per heavy atom. The zero-order valence-electron chi connectivity index (χ0n) is 21.4. The molecule has 3 aliphatic rings. The highest BCUT2D eigenvalue weighted by Crippen LogP contribution is 2.33. The fourth-order valence-corrected chi connectivity index (χ4v) is 4.44. The molecule has 1 heterocycles. The third-order valence-electron chi connectivity index (χ3n) is 6.86. The molecule has 200 valence electrons. The lowest BCUT2D eigenvalue weighted by Gasteiger charge is -2.14. The molecule has 0 radical (unpaired) electrons. The number of aliphatic hydroxyl groups excluding tert-OH is 1. The summed E-state index contributed by atoms with van der Waals surface area (Å²) in [4.78, 5) is 25.9. The lowest BCUT2D eigenvalue weighted by Crippen LogP contribution is -2.24. The van der Waals surface area contributed by atoms with Crippen molar-refractivity contribution in [2.24, 2.45) is 11.8 Å². The largest absolute Gasteiger partial charge is 0.494 e. The maximum Gasteiger partial charge on any atom is 0.165 e. The number of alkyl halides is 1. The van der Waals surface area contributed by atoms with Gasteiger partial charge in [-0.1, -0.05) is 0 Å². The van der Waals surface area contributed by atoms with Crippen molar-refractivity contribution in [3.05, 3.63) is 59.7 Å². The van der Waals surface area contributed by atoms with Crippen LogP contribution in [0.5, 0.6) is 11.5 Å². The third-order valence-corrected chi connectivity index (χ3v) is 7.12. The minimum Gasteiger partial charge on any atom is -0.494 e. The summed E-state index contributed by atoms with van der Waals surface area (Å²) >= 11 is 5.55. The van der Waals surface area contributed by atoms with E-state index in [1.807, 2.05) is 48.5 Å². The minimum absolute atomic E-state index is 0.150. The second-order valence-corrected chi connectivity index (χ2v) is 10.5. The monoisotopic (exact) mass is 527 g/mol. The molecule has 7 heteroatoms. The molecular formula is C30H38ClNO5. The number of hydrogen-bond acceptors (Lipinski definition) is 6. The average Bonchev–Trinajstić information content (AvgIpc) is 3.85. The lowest BCUT2D eigenvalue weighted by atomic mass is 10.1. The number of carbonyl (C=O) groups excluding carboxylic acids is 2. The third kappa shape index (κ3) is 9.13. The standard InChI is InChI=1S/C17H23NO3.C13H15ClO2/c19-15-8-10-18(12-15)9-1-11-21-16-6-4-14(5-7-16)17(20)13-2-3-13;14-8-1-9-16-12-6-4-11(5-7-12)13(15)10-2-3-10/h4-7,13,15,19H,1-3,8-12H2;4-7,10H,1-3,8-9H2/t15-;/m1./s1. The Bertz CT molecular complexity index is 1000. The summed E-state index contributed by atoms with van der Waals surface area (Å²) < 4.78 is 11.2. The number of carbonyl (C=O) groups is 2. The van der Waals surface area contributed by atoms with Gasteiger partial charge in [0.1, 0.15) is 11.5 Å². The van der Waals surface area contributed by atoms with Crippen LogP contribution >= 0.6 is 11.6 Å². The molecular weight excluding hydrogens is 490 g/mol. The van der Waals surface area contributed by atoms with Gasteiger partial charge in [-0.15, -0.1) is 11.6 Å². The molecule has 5 rings (SSSR count). The average molecular weight is 528 g/mol. The smallest absolute Gasteiger partial charge is 0.165 e. The fraction of sp³-hybridized carbons (Fsp3) is 0.533. The first-order valence-corrected chi connectivity index (χ1v) is 14.1. The maximum absolute atomic E-state index is 11.9. The molecule has 2 aromatic rings. The van der Waals surface area contributed by atoms with Crippen molar-refractivity contribution >= 4 is 23.2 Å².